The number of sulfone groups is 1. The van der Waals surface area contributed by atoms with Gasteiger partial charge in [0.25, 0.3) is 0 Å². The van der Waals surface area contributed by atoms with Crippen molar-refractivity contribution in [3.05, 3.63) is 54.7 Å². The summed E-state index contributed by atoms with van der Waals surface area (Å²) in [5.74, 6) is -0.480. The second-order valence-electron chi connectivity index (χ2n) is 9.96. The van der Waals surface area contributed by atoms with E-state index in [-0.39, 0.29) is 34.6 Å². The topological polar surface area (TPSA) is 157 Å². The SMILES string of the molecule is CS(=O)(=O)c1c(C2C[C@H]3CC[C@@H](C2)N3C(=O)CO)nc2c(-c3ccc(-c4ccncc4)nc3)cnn2c1N. The fraction of sp³-hybridized carbons (Fsp3) is 0.346. The van der Waals surface area contributed by atoms with Crippen LogP contribution in [0.1, 0.15) is 37.3 Å². The summed E-state index contributed by atoms with van der Waals surface area (Å²) in [5, 5.41) is 13.8. The quantitative estimate of drug-likeness (QED) is 0.392. The van der Waals surface area contributed by atoms with Gasteiger partial charge in [0, 0.05) is 59.5 Å². The first-order valence-electron chi connectivity index (χ1n) is 12.4. The molecular weight excluding hydrogens is 506 g/mol. The average molecular weight is 534 g/mol. The molecule has 2 aliphatic rings. The maximum absolute atomic E-state index is 12.9. The van der Waals surface area contributed by atoms with E-state index in [1.165, 1.54) is 4.52 Å². The van der Waals surface area contributed by atoms with E-state index in [0.717, 1.165) is 35.9 Å². The van der Waals surface area contributed by atoms with E-state index in [1.54, 1.807) is 29.7 Å². The average Bonchev–Trinajstić information content (AvgIpc) is 3.46. The zero-order chi connectivity index (χ0) is 26.6. The minimum Gasteiger partial charge on any atom is -0.387 e. The van der Waals surface area contributed by atoms with Gasteiger partial charge in [-0.25, -0.2) is 13.4 Å². The highest BCUT2D eigenvalue weighted by molar-refractivity contribution is 7.91. The van der Waals surface area contributed by atoms with Crippen molar-refractivity contribution in [2.24, 2.45) is 0 Å². The van der Waals surface area contributed by atoms with Crippen molar-refractivity contribution < 1.29 is 18.3 Å². The van der Waals surface area contributed by atoms with E-state index in [0.29, 0.717) is 29.7 Å². The molecule has 2 saturated heterocycles. The molecular formula is C26H27N7O4S. The van der Waals surface area contributed by atoms with Gasteiger partial charge >= 0.3 is 0 Å². The molecule has 6 rings (SSSR count). The summed E-state index contributed by atoms with van der Waals surface area (Å²) in [6, 6.07) is 7.44. The number of carbonyl (C=O) groups is 1. The number of rotatable bonds is 5. The Kier molecular flexibility index (Phi) is 5.88. The van der Waals surface area contributed by atoms with Crippen molar-refractivity contribution in [1.29, 1.82) is 0 Å². The Balaban J connectivity index is 1.44. The number of nitrogens with zero attached hydrogens (tertiary/aromatic N) is 6. The number of aliphatic hydroxyl groups excluding tert-OH is 1. The van der Waals surface area contributed by atoms with Gasteiger partial charge in [-0.15, -0.1) is 0 Å². The molecule has 2 aliphatic heterocycles. The number of carbonyl (C=O) groups excluding carboxylic acids is 1. The molecule has 2 bridgehead atoms. The van der Waals surface area contributed by atoms with Gasteiger partial charge in [-0.2, -0.15) is 9.61 Å². The normalized spacial score (nSPS) is 21.2. The largest absolute Gasteiger partial charge is 0.387 e. The molecule has 4 aromatic heterocycles. The number of hydrogen-bond acceptors (Lipinski definition) is 9. The second-order valence-corrected chi connectivity index (χ2v) is 11.9. The Morgan fingerprint density at radius 2 is 1.79 bits per heavy atom. The standard InChI is InChI=1S/C26H27N7O4S/c1-38(36,37)24-23(17-10-18-3-4-19(11-17)32(18)22(35)14-34)31-26-20(13-30-33(26)25(24)27)16-2-5-21(29-12-16)15-6-8-28-9-7-15/h2,5-9,12-13,17-19,34H,3-4,10-11,14,27H2,1H3/t17?,18-,19+. The number of nitrogens with two attached hydrogens (primary N) is 1. The van der Waals surface area contributed by atoms with Gasteiger partial charge in [-0.3, -0.25) is 14.8 Å². The predicted octanol–water partition coefficient (Wildman–Crippen LogP) is 2.07. The van der Waals surface area contributed by atoms with Crippen LogP contribution in [0.3, 0.4) is 0 Å². The molecule has 6 heterocycles. The number of hydrogen-bond donors (Lipinski definition) is 2. The number of anilines is 1. The van der Waals surface area contributed by atoms with E-state index >= 15 is 0 Å². The van der Waals surface area contributed by atoms with Crippen LogP contribution in [0.5, 0.6) is 0 Å². The number of amides is 1. The first-order valence-corrected chi connectivity index (χ1v) is 14.3. The summed E-state index contributed by atoms with van der Waals surface area (Å²) in [6.07, 6.45) is 10.6. The fourth-order valence-corrected chi connectivity index (χ4v) is 7.07. The molecule has 38 heavy (non-hydrogen) atoms. The molecule has 0 aromatic carbocycles. The third-order valence-corrected chi connectivity index (χ3v) is 8.79. The lowest BCUT2D eigenvalue weighted by molar-refractivity contribution is -0.138. The van der Waals surface area contributed by atoms with Gasteiger partial charge in [0.05, 0.1) is 17.6 Å². The van der Waals surface area contributed by atoms with Crippen LogP contribution in [-0.4, -0.2) is 73.8 Å². The minimum atomic E-state index is -3.73. The van der Waals surface area contributed by atoms with Gasteiger partial charge < -0.3 is 15.7 Å². The molecule has 3 atom stereocenters. The predicted molar refractivity (Wildman–Crippen MR) is 140 cm³/mol. The minimum absolute atomic E-state index is 0.0151. The van der Waals surface area contributed by atoms with Crippen molar-refractivity contribution in [2.75, 3.05) is 18.6 Å². The Hall–Kier alpha value is -3.90. The maximum Gasteiger partial charge on any atom is 0.248 e. The lowest BCUT2D eigenvalue weighted by atomic mass is 9.87. The van der Waals surface area contributed by atoms with Gasteiger partial charge in [-0.05, 0) is 43.9 Å². The van der Waals surface area contributed by atoms with Crippen LogP contribution >= 0.6 is 0 Å². The van der Waals surface area contributed by atoms with Crippen LogP contribution in [0.4, 0.5) is 5.82 Å². The summed E-state index contributed by atoms with van der Waals surface area (Å²) in [4.78, 5) is 27.6. The van der Waals surface area contributed by atoms with Crippen LogP contribution in [0.25, 0.3) is 28.0 Å². The number of aromatic nitrogens is 5. The molecule has 3 N–H and O–H groups in total. The zero-order valence-electron chi connectivity index (χ0n) is 20.7. The number of fused-ring (bicyclic) bond motifs is 3. The molecule has 4 aromatic rings. The Morgan fingerprint density at radius 3 is 2.39 bits per heavy atom. The highest BCUT2D eigenvalue weighted by atomic mass is 32.2. The summed E-state index contributed by atoms with van der Waals surface area (Å²) in [5.41, 5.74) is 10.5. The van der Waals surface area contributed by atoms with Crippen LogP contribution in [0.15, 0.2) is 53.9 Å². The van der Waals surface area contributed by atoms with Gasteiger partial charge in [0.2, 0.25) is 5.91 Å². The fourth-order valence-electron chi connectivity index (χ4n) is 6.01. The third kappa shape index (κ3) is 4.00. The lowest BCUT2D eigenvalue weighted by Crippen LogP contribution is -2.47. The first kappa shape index (κ1) is 24.4. The van der Waals surface area contributed by atoms with Crippen LogP contribution in [0, 0.1) is 0 Å². The summed E-state index contributed by atoms with van der Waals surface area (Å²) < 4.78 is 27.2. The molecule has 0 saturated carbocycles. The molecule has 0 spiro atoms. The van der Waals surface area contributed by atoms with Crippen LogP contribution < -0.4 is 5.73 Å². The van der Waals surface area contributed by atoms with E-state index in [4.69, 9.17) is 10.7 Å². The third-order valence-electron chi connectivity index (χ3n) is 7.63. The maximum atomic E-state index is 12.9. The zero-order valence-corrected chi connectivity index (χ0v) is 21.5. The summed E-state index contributed by atoms with van der Waals surface area (Å²) >= 11 is 0. The first-order chi connectivity index (χ1) is 18.3. The van der Waals surface area contributed by atoms with Gasteiger partial charge in [0.1, 0.15) is 17.3 Å². The highest BCUT2D eigenvalue weighted by Gasteiger charge is 2.45. The number of pyridine rings is 2. The molecule has 196 valence electrons. The van der Waals surface area contributed by atoms with E-state index in [1.807, 2.05) is 24.3 Å². The van der Waals surface area contributed by atoms with Crippen molar-refractivity contribution in [2.45, 2.75) is 48.6 Å². The molecule has 12 heteroatoms. The molecule has 0 aliphatic carbocycles. The van der Waals surface area contributed by atoms with E-state index in [9.17, 15) is 18.3 Å². The molecule has 1 unspecified atom stereocenters. The summed E-state index contributed by atoms with van der Waals surface area (Å²) in [7, 11) is -3.73. The number of aliphatic hydroxyl groups is 1. The highest BCUT2D eigenvalue weighted by Crippen LogP contribution is 2.45. The monoisotopic (exact) mass is 533 g/mol. The number of piperidine rings is 1. The molecule has 11 nitrogen and oxygen atoms in total. The smallest absolute Gasteiger partial charge is 0.248 e. The van der Waals surface area contributed by atoms with Crippen molar-refractivity contribution in [3.63, 3.8) is 0 Å². The number of nitrogen functional groups attached to an aromatic ring is 1. The van der Waals surface area contributed by atoms with Gasteiger partial charge in [-0.1, -0.05) is 6.07 Å². The molecule has 0 radical (unpaired) electrons. The van der Waals surface area contributed by atoms with Crippen LogP contribution in [-0.2, 0) is 14.6 Å². The second kappa shape index (κ2) is 9.14. The van der Waals surface area contributed by atoms with Crippen molar-refractivity contribution >= 4 is 27.2 Å². The summed E-state index contributed by atoms with van der Waals surface area (Å²) in [6.45, 7) is -0.531. The van der Waals surface area contributed by atoms with E-state index < -0.39 is 16.4 Å². The van der Waals surface area contributed by atoms with Gasteiger partial charge in [0.15, 0.2) is 15.5 Å². The van der Waals surface area contributed by atoms with E-state index in [2.05, 4.69) is 15.1 Å². The Bertz CT molecular complexity index is 1620. The van der Waals surface area contributed by atoms with Crippen LogP contribution in [0.2, 0.25) is 0 Å². The molecule has 2 fully saturated rings. The Labute approximate surface area is 219 Å². The van der Waals surface area contributed by atoms with Crippen molar-refractivity contribution in [1.82, 2.24) is 29.5 Å². The van der Waals surface area contributed by atoms with Crippen molar-refractivity contribution in [3.8, 4) is 22.4 Å². The Morgan fingerprint density at radius 1 is 1.08 bits per heavy atom. The molecule has 1 amide bonds. The lowest BCUT2D eigenvalue weighted by Gasteiger charge is -2.39.